The van der Waals surface area contributed by atoms with E-state index in [-0.39, 0.29) is 0 Å². The third-order valence-electron chi connectivity index (χ3n) is 6.06. The van der Waals surface area contributed by atoms with E-state index >= 15 is 0 Å². The Hall–Kier alpha value is -0.920. The van der Waals surface area contributed by atoms with Crippen LogP contribution in [0.15, 0.2) is 36.5 Å². The first-order chi connectivity index (χ1) is 11.0. The van der Waals surface area contributed by atoms with Crippen molar-refractivity contribution < 1.29 is 8.78 Å². The molecule has 0 nitrogen and oxygen atoms in total. The van der Waals surface area contributed by atoms with Gasteiger partial charge in [-0.05, 0) is 61.0 Å². The Morgan fingerprint density at radius 2 is 1.35 bits per heavy atom. The fourth-order valence-electron chi connectivity index (χ4n) is 4.27. The average Bonchev–Trinajstić information content (AvgIpc) is 2.54. The van der Waals surface area contributed by atoms with E-state index in [1.165, 1.54) is 57.4 Å². The maximum absolute atomic E-state index is 13.3. The molecule has 2 heteroatoms. The first kappa shape index (κ1) is 18.4. The van der Waals surface area contributed by atoms with E-state index in [0.717, 1.165) is 36.2 Å². The van der Waals surface area contributed by atoms with Crippen molar-refractivity contribution in [3.8, 4) is 0 Å². The molecule has 0 N–H and O–H groups in total. The number of rotatable bonds is 6. The van der Waals surface area contributed by atoms with Crippen molar-refractivity contribution >= 4 is 0 Å². The summed E-state index contributed by atoms with van der Waals surface area (Å²) in [5, 5.41) is 0. The zero-order chi connectivity index (χ0) is 16.8. The van der Waals surface area contributed by atoms with E-state index in [1.807, 2.05) is 0 Å². The minimum absolute atomic E-state index is 0.312. The lowest BCUT2D eigenvalue weighted by molar-refractivity contribution is 0.232. The predicted octanol–water partition coefficient (Wildman–Crippen LogP) is 7.29. The number of allylic oxidation sites excluding steroid dienone is 4. The van der Waals surface area contributed by atoms with E-state index in [1.54, 1.807) is 0 Å². The topological polar surface area (TPSA) is 0 Å². The van der Waals surface area contributed by atoms with Gasteiger partial charge in [-0.3, -0.25) is 0 Å². The van der Waals surface area contributed by atoms with Crippen molar-refractivity contribution in [3.05, 3.63) is 36.5 Å². The van der Waals surface area contributed by atoms with Gasteiger partial charge in [0, 0.05) is 0 Å². The molecule has 2 aliphatic carbocycles. The van der Waals surface area contributed by atoms with E-state index in [0.29, 0.717) is 5.92 Å². The molecule has 0 saturated heterocycles. The molecule has 0 radical (unpaired) electrons. The fourth-order valence-corrected chi connectivity index (χ4v) is 4.27. The van der Waals surface area contributed by atoms with Crippen molar-refractivity contribution in [2.45, 2.75) is 71.1 Å². The fraction of sp³-hybridized carbons (Fsp3) is 0.714. The first-order valence-electron chi connectivity index (χ1n) is 9.36. The summed E-state index contributed by atoms with van der Waals surface area (Å²) < 4.78 is 26.0. The normalized spacial score (nSPS) is 32.6. The van der Waals surface area contributed by atoms with Crippen molar-refractivity contribution in [3.63, 3.8) is 0 Å². The molecule has 0 aromatic heterocycles. The second-order valence-corrected chi connectivity index (χ2v) is 7.89. The van der Waals surface area contributed by atoms with Gasteiger partial charge in [-0.2, -0.15) is 0 Å². The van der Waals surface area contributed by atoms with Crippen LogP contribution in [0.2, 0.25) is 0 Å². The van der Waals surface area contributed by atoms with Crippen molar-refractivity contribution in [1.29, 1.82) is 0 Å². The lowest BCUT2D eigenvalue weighted by Crippen LogP contribution is -2.18. The quantitative estimate of drug-likeness (QED) is 0.450. The van der Waals surface area contributed by atoms with Gasteiger partial charge in [-0.15, -0.1) is 0 Å². The highest BCUT2D eigenvalue weighted by molar-refractivity contribution is 5.28. The van der Waals surface area contributed by atoms with E-state index < -0.39 is 11.7 Å². The Bertz CT molecular complexity index is 433. The molecule has 0 amide bonds. The Balaban J connectivity index is 1.68. The Morgan fingerprint density at radius 1 is 0.870 bits per heavy atom. The largest absolute Gasteiger partial charge is 0.204 e. The Labute approximate surface area is 140 Å². The molecule has 0 aromatic carbocycles. The summed E-state index contributed by atoms with van der Waals surface area (Å²) in [6.45, 7) is 9.29. The summed E-state index contributed by atoms with van der Waals surface area (Å²) >= 11 is 0. The van der Waals surface area contributed by atoms with Crippen LogP contribution in [0.1, 0.15) is 71.1 Å². The molecular formula is C21H32F2. The minimum atomic E-state index is -0.998. The van der Waals surface area contributed by atoms with Gasteiger partial charge in [-0.25, -0.2) is 8.78 Å². The highest BCUT2D eigenvalue weighted by Crippen LogP contribution is 2.38. The van der Waals surface area contributed by atoms with E-state index in [2.05, 4.69) is 20.1 Å². The molecule has 2 saturated carbocycles. The molecule has 0 heterocycles. The minimum Gasteiger partial charge on any atom is -0.204 e. The second kappa shape index (κ2) is 8.80. The summed E-state index contributed by atoms with van der Waals surface area (Å²) in [4.78, 5) is 0. The molecule has 2 rings (SSSR count). The molecule has 2 fully saturated rings. The monoisotopic (exact) mass is 322 g/mol. The molecule has 0 aromatic rings. The SMILES string of the molecule is C=C(F)/C(F)=C\C(=C)C1CCC(CCC2CCC(C)CC2)CC1. The number of hydrogen-bond donors (Lipinski definition) is 0. The molecule has 0 spiro atoms. The van der Waals surface area contributed by atoms with Gasteiger partial charge >= 0.3 is 0 Å². The predicted molar refractivity (Wildman–Crippen MR) is 94.4 cm³/mol. The number of hydrogen-bond acceptors (Lipinski definition) is 0. The van der Waals surface area contributed by atoms with Crippen molar-refractivity contribution in [1.82, 2.24) is 0 Å². The molecule has 0 aliphatic heterocycles. The summed E-state index contributed by atoms with van der Waals surface area (Å²) in [6, 6.07) is 0. The number of halogens is 2. The van der Waals surface area contributed by atoms with Gasteiger partial charge in [0.05, 0.1) is 0 Å². The summed E-state index contributed by atoms with van der Waals surface area (Å²) in [6.07, 6.45) is 14.2. The first-order valence-corrected chi connectivity index (χ1v) is 9.36. The van der Waals surface area contributed by atoms with Gasteiger partial charge in [0.25, 0.3) is 0 Å². The van der Waals surface area contributed by atoms with Crippen LogP contribution in [-0.4, -0.2) is 0 Å². The highest BCUT2D eigenvalue weighted by atomic mass is 19.2. The van der Waals surface area contributed by atoms with Crippen LogP contribution in [-0.2, 0) is 0 Å². The van der Waals surface area contributed by atoms with E-state index in [9.17, 15) is 8.78 Å². The zero-order valence-electron chi connectivity index (χ0n) is 14.6. The Kier molecular flexibility index (Phi) is 7.05. The van der Waals surface area contributed by atoms with Gasteiger partial charge in [0.1, 0.15) is 0 Å². The third kappa shape index (κ3) is 5.90. The highest BCUT2D eigenvalue weighted by Gasteiger charge is 2.24. The van der Waals surface area contributed by atoms with Gasteiger partial charge in [-0.1, -0.05) is 58.6 Å². The van der Waals surface area contributed by atoms with Crippen LogP contribution in [0.5, 0.6) is 0 Å². The van der Waals surface area contributed by atoms with Crippen LogP contribution < -0.4 is 0 Å². The zero-order valence-corrected chi connectivity index (χ0v) is 14.6. The van der Waals surface area contributed by atoms with Crippen LogP contribution in [0.25, 0.3) is 0 Å². The van der Waals surface area contributed by atoms with Crippen molar-refractivity contribution in [2.24, 2.45) is 23.7 Å². The average molecular weight is 322 g/mol. The molecule has 0 unspecified atom stereocenters. The lowest BCUT2D eigenvalue weighted by atomic mass is 9.74. The molecule has 130 valence electrons. The molecule has 0 atom stereocenters. The van der Waals surface area contributed by atoms with Crippen molar-refractivity contribution in [2.75, 3.05) is 0 Å². The Morgan fingerprint density at radius 3 is 1.83 bits per heavy atom. The molecule has 23 heavy (non-hydrogen) atoms. The maximum atomic E-state index is 13.3. The van der Waals surface area contributed by atoms with Crippen LogP contribution in [0, 0.1) is 23.7 Å². The lowest BCUT2D eigenvalue weighted by Gasteiger charge is -2.31. The van der Waals surface area contributed by atoms with Crippen LogP contribution in [0.3, 0.4) is 0 Å². The summed E-state index contributed by atoms with van der Waals surface area (Å²) in [5.74, 6) is 1.15. The molecular weight excluding hydrogens is 290 g/mol. The summed E-state index contributed by atoms with van der Waals surface area (Å²) in [7, 11) is 0. The summed E-state index contributed by atoms with van der Waals surface area (Å²) in [5.41, 5.74) is 0.723. The smallest absolute Gasteiger partial charge is 0.158 e. The standard InChI is InChI=1S/C21H32F2/c1-15-4-6-18(7-5-15)8-9-19-10-12-20(13-11-19)16(2)14-21(23)17(3)22/h14-15,18-20H,2-13H2,1H3/b21-14+. The van der Waals surface area contributed by atoms with Crippen LogP contribution >= 0.6 is 0 Å². The second-order valence-electron chi connectivity index (χ2n) is 7.89. The third-order valence-corrected chi connectivity index (χ3v) is 6.06. The van der Waals surface area contributed by atoms with Gasteiger partial charge in [0.15, 0.2) is 11.7 Å². The maximum Gasteiger partial charge on any atom is 0.158 e. The van der Waals surface area contributed by atoms with Gasteiger partial charge in [0.2, 0.25) is 0 Å². The van der Waals surface area contributed by atoms with Gasteiger partial charge < -0.3 is 0 Å². The molecule has 2 aliphatic rings. The van der Waals surface area contributed by atoms with Crippen LogP contribution in [0.4, 0.5) is 8.78 Å². The molecule has 0 bridgehead atoms. The van der Waals surface area contributed by atoms with E-state index in [4.69, 9.17) is 0 Å².